The van der Waals surface area contributed by atoms with E-state index in [2.05, 4.69) is 10.6 Å². The third-order valence-corrected chi connectivity index (χ3v) is 8.07. The van der Waals surface area contributed by atoms with E-state index >= 15 is 0 Å². The summed E-state index contributed by atoms with van der Waals surface area (Å²) < 4.78 is 0. The summed E-state index contributed by atoms with van der Waals surface area (Å²) in [6.07, 6.45) is 12.4. The molecule has 3 aliphatic rings. The average Bonchev–Trinajstić information content (AvgIpc) is 3.07. The minimum absolute atomic E-state index is 0.00657. The fourth-order valence-corrected chi connectivity index (χ4v) is 6.15. The molecule has 2 saturated carbocycles. The Balaban J connectivity index is 1.35. The van der Waals surface area contributed by atoms with Gasteiger partial charge < -0.3 is 11.1 Å². The Morgan fingerprint density at radius 3 is 2.46 bits per heavy atom. The van der Waals surface area contributed by atoms with Crippen LogP contribution in [-0.2, 0) is 4.79 Å². The molecule has 4 N–H and O–H groups in total. The second-order valence-electron chi connectivity index (χ2n) is 10.6. The van der Waals surface area contributed by atoms with Crippen molar-refractivity contribution in [2.45, 2.75) is 88.6 Å². The molecule has 1 aromatic rings. The number of hydrogen-bond acceptors (Lipinski definition) is 5. The number of carbonyl (C=O) groups excluding carboxylic acids is 3. The van der Waals surface area contributed by atoms with Crippen molar-refractivity contribution in [1.29, 1.82) is 0 Å². The molecule has 0 aromatic heterocycles. The third-order valence-electron chi connectivity index (χ3n) is 8.07. The van der Waals surface area contributed by atoms with E-state index < -0.39 is 17.5 Å². The van der Waals surface area contributed by atoms with Gasteiger partial charge in [-0.1, -0.05) is 63.1 Å². The van der Waals surface area contributed by atoms with Crippen molar-refractivity contribution >= 4 is 23.8 Å². The number of amides is 4. The highest BCUT2D eigenvalue weighted by molar-refractivity contribution is 6.06. The zero-order valence-electron chi connectivity index (χ0n) is 20.8. The minimum atomic E-state index is -0.783. The van der Waals surface area contributed by atoms with Crippen LogP contribution in [0.1, 0.15) is 87.4 Å². The number of imide groups is 1. The van der Waals surface area contributed by atoms with Gasteiger partial charge in [-0.25, -0.2) is 9.79 Å². The molecular formula is C27H39N5O3. The molecule has 2 aliphatic carbocycles. The highest BCUT2D eigenvalue weighted by atomic mass is 16.2. The lowest BCUT2D eigenvalue weighted by atomic mass is 9.74. The van der Waals surface area contributed by atoms with Crippen LogP contribution in [0.2, 0.25) is 0 Å². The van der Waals surface area contributed by atoms with Crippen molar-refractivity contribution in [3.63, 3.8) is 0 Å². The SMILES string of the molecule is CN1C(=O)[C@@](CCC2CCCCC2)(C[C@H]2CCCC(NC(=O)NC(=O)c3ccccc3)C2)N=C1N. The van der Waals surface area contributed by atoms with Crippen LogP contribution in [0.15, 0.2) is 35.3 Å². The van der Waals surface area contributed by atoms with Crippen LogP contribution in [0, 0.1) is 11.8 Å². The predicted molar refractivity (Wildman–Crippen MR) is 136 cm³/mol. The van der Waals surface area contributed by atoms with E-state index in [4.69, 9.17) is 10.7 Å². The topological polar surface area (TPSA) is 117 Å². The van der Waals surface area contributed by atoms with E-state index in [1.54, 1.807) is 31.3 Å². The summed E-state index contributed by atoms with van der Waals surface area (Å²) in [5.74, 6) is 0.830. The number of rotatable bonds is 7. The van der Waals surface area contributed by atoms with Gasteiger partial charge in [0.25, 0.3) is 11.8 Å². The highest BCUT2D eigenvalue weighted by Crippen LogP contribution is 2.40. The zero-order valence-corrected chi connectivity index (χ0v) is 20.8. The van der Waals surface area contributed by atoms with Crippen LogP contribution < -0.4 is 16.4 Å². The van der Waals surface area contributed by atoms with Gasteiger partial charge in [0.15, 0.2) is 5.96 Å². The van der Waals surface area contributed by atoms with E-state index in [0.29, 0.717) is 23.9 Å². The van der Waals surface area contributed by atoms with Gasteiger partial charge in [0.05, 0.1) is 0 Å². The minimum Gasteiger partial charge on any atom is -0.369 e. The molecule has 1 aliphatic heterocycles. The Hall–Kier alpha value is -2.90. The van der Waals surface area contributed by atoms with E-state index in [0.717, 1.165) is 38.5 Å². The van der Waals surface area contributed by atoms with Crippen molar-refractivity contribution in [1.82, 2.24) is 15.5 Å². The summed E-state index contributed by atoms with van der Waals surface area (Å²) in [5.41, 5.74) is 5.77. The smallest absolute Gasteiger partial charge is 0.321 e. The Morgan fingerprint density at radius 2 is 1.77 bits per heavy atom. The Labute approximate surface area is 208 Å². The van der Waals surface area contributed by atoms with Crippen molar-refractivity contribution in [2.75, 3.05) is 7.05 Å². The molecule has 8 heteroatoms. The summed E-state index contributed by atoms with van der Waals surface area (Å²) in [6.45, 7) is 0. The van der Waals surface area contributed by atoms with E-state index in [1.165, 1.54) is 37.0 Å². The van der Waals surface area contributed by atoms with Crippen molar-refractivity contribution in [3.05, 3.63) is 35.9 Å². The second-order valence-corrected chi connectivity index (χ2v) is 10.6. The number of guanidine groups is 1. The van der Waals surface area contributed by atoms with Crippen molar-refractivity contribution < 1.29 is 14.4 Å². The molecule has 1 heterocycles. The first-order chi connectivity index (χ1) is 16.9. The van der Waals surface area contributed by atoms with E-state index in [9.17, 15) is 14.4 Å². The number of nitrogens with one attached hydrogen (secondary N) is 2. The molecule has 35 heavy (non-hydrogen) atoms. The van der Waals surface area contributed by atoms with E-state index in [1.807, 2.05) is 6.07 Å². The molecule has 0 bridgehead atoms. The highest BCUT2D eigenvalue weighted by Gasteiger charge is 2.48. The second kappa shape index (κ2) is 11.2. The summed E-state index contributed by atoms with van der Waals surface area (Å²) in [5, 5.41) is 5.40. The quantitative estimate of drug-likeness (QED) is 0.546. The molecule has 0 saturated heterocycles. The fraction of sp³-hybridized carbons (Fsp3) is 0.630. The first kappa shape index (κ1) is 25.2. The molecule has 3 atom stereocenters. The van der Waals surface area contributed by atoms with Crippen LogP contribution >= 0.6 is 0 Å². The van der Waals surface area contributed by atoms with Gasteiger partial charge in [-0.15, -0.1) is 0 Å². The number of likely N-dealkylation sites (N-methyl/N-ethyl adjacent to an activating group) is 1. The Bertz CT molecular complexity index is 943. The van der Waals surface area contributed by atoms with Gasteiger partial charge in [-0.05, 0) is 56.1 Å². The lowest BCUT2D eigenvalue weighted by Crippen LogP contribution is -2.47. The van der Waals surface area contributed by atoms with E-state index in [-0.39, 0.29) is 17.9 Å². The number of carbonyl (C=O) groups is 3. The molecule has 4 amide bonds. The number of aliphatic imine (C=N–C) groups is 1. The monoisotopic (exact) mass is 481 g/mol. The van der Waals surface area contributed by atoms with Gasteiger partial charge in [0.2, 0.25) is 0 Å². The summed E-state index contributed by atoms with van der Waals surface area (Å²) in [4.78, 5) is 44.3. The van der Waals surface area contributed by atoms with Crippen molar-refractivity contribution in [3.8, 4) is 0 Å². The van der Waals surface area contributed by atoms with Crippen LogP contribution in [-0.4, -0.2) is 47.3 Å². The molecule has 1 aromatic carbocycles. The molecule has 0 radical (unpaired) electrons. The van der Waals surface area contributed by atoms with Gasteiger partial charge in [-0.2, -0.15) is 0 Å². The maximum atomic E-state index is 13.3. The van der Waals surface area contributed by atoms with Gasteiger partial charge >= 0.3 is 6.03 Å². The predicted octanol–water partition coefficient (Wildman–Crippen LogP) is 3.96. The van der Waals surface area contributed by atoms with Crippen molar-refractivity contribution in [2.24, 2.45) is 22.6 Å². The molecule has 190 valence electrons. The lowest BCUT2D eigenvalue weighted by Gasteiger charge is -2.35. The first-order valence-corrected chi connectivity index (χ1v) is 13.2. The number of hydrogen-bond donors (Lipinski definition) is 3. The van der Waals surface area contributed by atoms with Crippen LogP contribution in [0.5, 0.6) is 0 Å². The van der Waals surface area contributed by atoms with Gasteiger partial charge in [0.1, 0.15) is 5.54 Å². The Kier molecular flexibility index (Phi) is 8.08. The Morgan fingerprint density at radius 1 is 1.06 bits per heavy atom. The molecule has 4 rings (SSSR count). The van der Waals surface area contributed by atoms with Crippen LogP contribution in [0.4, 0.5) is 4.79 Å². The summed E-state index contributed by atoms with van der Waals surface area (Å²) >= 11 is 0. The fourth-order valence-electron chi connectivity index (χ4n) is 6.15. The maximum Gasteiger partial charge on any atom is 0.321 e. The van der Waals surface area contributed by atoms with Gasteiger partial charge in [0, 0.05) is 18.7 Å². The number of nitrogens with two attached hydrogens (primary N) is 1. The largest absolute Gasteiger partial charge is 0.369 e. The molecular weight excluding hydrogens is 442 g/mol. The number of nitrogens with zero attached hydrogens (tertiary/aromatic N) is 2. The standard InChI is InChI=1S/C27H39N5O3/c1-32-24(34)27(31-25(32)28,16-15-19-9-4-2-5-10-19)18-20-11-8-14-22(17-20)29-26(35)30-23(33)21-12-6-3-7-13-21/h3,6-7,12-13,19-20,22H,2,4-5,8-11,14-18H2,1H3,(H2,28,31)(H2,29,30,33,35)/t20-,22?,27+/m0/s1. The van der Waals surface area contributed by atoms with Crippen LogP contribution in [0.25, 0.3) is 0 Å². The average molecular weight is 482 g/mol. The molecule has 0 spiro atoms. The van der Waals surface area contributed by atoms with Gasteiger partial charge in [-0.3, -0.25) is 19.8 Å². The number of benzene rings is 1. The zero-order chi connectivity index (χ0) is 24.8. The molecule has 8 nitrogen and oxygen atoms in total. The third kappa shape index (κ3) is 6.21. The maximum absolute atomic E-state index is 13.3. The normalized spacial score (nSPS) is 27.4. The van der Waals surface area contributed by atoms with Crippen LogP contribution in [0.3, 0.4) is 0 Å². The first-order valence-electron chi connectivity index (χ1n) is 13.2. The molecule has 1 unspecified atom stereocenters. The summed E-state index contributed by atoms with van der Waals surface area (Å²) in [6, 6.07) is 8.19. The lowest BCUT2D eigenvalue weighted by molar-refractivity contribution is -0.131. The summed E-state index contributed by atoms with van der Waals surface area (Å²) in [7, 11) is 1.71. The molecule has 2 fully saturated rings. The number of urea groups is 1.